The van der Waals surface area contributed by atoms with Crippen molar-refractivity contribution < 1.29 is 13.9 Å². The molecule has 1 aromatic carbocycles. The van der Waals surface area contributed by atoms with Gasteiger partial charge in [-0.3, -0.25) is 4.79 Å². The molecule has 3 rings (SSSR count). The second-order valence-electron chi connectivity index (χ2n) is 4.92. The molecule has 1 saturated heterocycles. The van der Waals surface area contributed by atoms with Gasteiger partial charge in [-0.05, 0) is 17.7 Å². The van der Waals surface area contributed by atoms with Crippen LogP contribution in [0.25, 0.3) is 0 Å². The molecule has 0 aliphatic carbocycles. The highest BCUT2D eigenvalue weighted by molar-refractivity contribution is 5.91. The van der Waals surface area contributed by atoms with E-state index < -0.39 is 0 Å². The molecule has 0 bridgehead atoms. The molecule has 1 amide bonds. The summed E-state index contributed by atoms with van der Waals surface area (Å²) in [5.74, 6) is 0.559. The molecule has 6 heteroatoms. The number of hydrazone groups is 1. The van der Waals surface area contributed by atoms with Crippen LogP contribution in [0.5, 0.6) is 0 Å². The summed E-state index contributed by atoms with van der Waals surface area (Å²) in [6, 6.07) is 6.47. The van der Waals surface area contributed by atoms with Crippen LogP contribution < -0.4 is 5.43 Å². The topological polar surface area (TPSA) is 53.9 Å². The predicted molar refractivity (Wildman–Crippen MR) is 71.5 cm³/mol. The second-order valence-corrected chi connectivity index (χ2v) is 4.92. The van der Waals surface area contributed by atoms with Crippen LogP contribution in [0.2, 0.25) is 0 Å². The van der Waals surface area contributed by atoms with E-state index in [2.05, 4.69) is 15.4 Å². The van der Waals surface area contributed by atoms with Crippen LogP contribution in [-0.2, 0) is 9.53 Å². The Morgan fingerprint density at radius 1 is 1.40 bits per heavy atom. The lowest BCUT2D eigenvalue weighted by molar-refractivity contribution is -0.121. The number of hydrogen-bond acceptors (Lipinski definition) is 4. The maximum atomic E-state index is 13.3. The molecule has 1 N–H and O–H groups in total. The van der Waals surface area contributed by atoms with E-state index in [1.54, 1.807) is 6.07 Å². The lowest BCUT2D eigenvalue weighted by Gasteiger charge is -2.35. The van der Waals surface area contributed by atoms with E-state index in [1.165, 1.54) is 12.1 Å². The molecule has 2 heterocycles. The van der Waals surface area contributed by atoms with E-state index in [0.29, 0.717) is 26.0 Å². The number of amides is 1. The number of carbonyl (C=O) groups is 1. The first-order chi connectivity index (χ1) is 9.72. The molecule has 0 radical (unpaired) electrons. The second kappa shape index (κ2) is 5.58. The fourth-order valence-electron chi connectivity index (χ4n) is 2.49. The number of nitrogens with one attached hydrogen (secondary N) is 1. The normalized spacial score (nSPS) is 23.2. The highest BCUT2D eigenvalue weighted by Gasteiger charge is 2.26. The van der Waals surface area contributed by atoms with Crippen LogP contribution in [0, 0.1) is 5.82 Å². The molecule has 2 aliphatic heterocycles. The van der Waals surface area contributed by atoms with Crippen molar-refractivity contribution in [2.45, 2.75) is 18.9 Å². The van der Waals surface area contributed by atoms with Crippen molar-refractivity contribution in [1.82, 2.24) is 10.3 Å². The van der Waals surface area contributed by atoms with E-state index >= 15 is 0 Å². The Labute approximate surface area is 116 Å². The van der Waals surface area contributed by atoms with Gasteiger partial charge in [0.05, 0.1) is 6.61 Å². The monoisotopic (exact) mass is 277 g/mol. The summed E-state index contributed by atoms with van der Waals surface area (Å²) < 4.78 is 19.0. The molecule has 1 atom stereocenters. The quantitative estimate of drug-likeness (QED) is 0.844. The summed E-state index contributed by atoms with van der Waals surface area (Å²) in [5.41, 5.74) is 3.33. The Kier molecular flexibility index (Phi) is 3.64. The summed E-state index contributed by atoms with van der Waals surface area (Å²) in [6.07, 6.45) is 0.933. The number of nitrogens with zero attached hydrogens (tertiary/aromatic N) is 2. The number of hydrogen-bond donors (Lipinski definition) is 1. The standard InChI is InChI=1S/C14H16FN3O2/c15-11-3-1-2-10(8-11)12-9-18(6-7-20-12)13-4-5-14(19)17-16-13/h1-3,8,12H,4-7,9H2,(H,17,19). The van der Waals surface area contributed by atoms with Gasteiger partial charge in [-0.1, -0.05) is 12.1 Å². The van der Waals surface area contributed by atoms with Crippen molar-refractivity contribution >= 4 is 11.7 Å². The Hall–Kier alpha value is -1.95. The molecule has 1 unspecified atom stereocenters. The van der Waals surface area contributed by atoms with Gasteiger partial charge in [0.1, 0.15) is 17.8 Å². The van der Waals surface area contributed by atoms with Gasteiger partial charge in [-0.2, -0.15) is 5.10 Å². The molecule has 1 fully saturated rings. The third kappa shape index (κ3) is 2.80. The highest BCUT2D eigenvalue weighted by atomic mass is 19.1. The van der Waals surface area contributed by atoms with Crippen molar-refractivity contribution in [3.8, 4) is 0 Å². The first-order valence-electron chi connectivity index (χ1n) is 6.70. The first-order valence-corrected chi connectivity index (χ1v) is 6.70. The van der Waals surface area contributed by atoms with Crippen molar-refractivity contribution in [2.75, 3.05) is 19.7 Å². The zero-order valence-corrected chi connectivity index (χ0v) is 11.0. The van der Waals surface area contributed by atoms with Crippen molar-refractivity contribution in [3.63, 3.8) is 0 Å². The van der Waals surface area contributed by atoms with Crippen LogP contribution >= 0.6 is 0 Å². The molecular formula is C14H16FN3O2. The number of benzene rings is 1. The van der Waals surface area contributed by atoms with Crippen molar-refractivity contribution in [3.05, 3.63) is 35.6 Å². The summed E-state index contributed by atoms with van der Waals surface area (Å²) in [5, 5.41) is 4.09. The van der Waals surface area contributed by atoms with Gasteiger partial charge in [-0.25, -0.2) is 9.82 Å². The van der Waals surface area contributed by atoms with E-state index in [-0.39, 0.29) is 17.8 Å². The lowest BCUT2D eigenvalue weighted by atomic mass is 10.1. The van der Waals surface area contributed by atoms with Crippen LogP contribution in [0.4, 0.5) is 4.39 Å². The van der Waals surface area contributed by atoms with E-state index in [0.717, 1.165) is 17.9 Å². The number of ether oxygens (including phenoxy) is 1. The smallest absolute Gasteiger partial charge is 0.240 e. The van der Waals surface area contributed by atoms with Crippen molar-refractivity contribution in [2.24, 2.45) is 5.10 Å². The van der Waals surface area contributed by atoms with Crippen LogP contribution in [-0.4, -0.2) is 36.3 Å². The average molecular weight is 277 g/mol. The average Bonchev–Trinajstić information content (AvgIpc) is 2.48. The Bertz CT molecular complexity index is 547. The van der Waals surface area contributed by atoms with Gasteiger partial charge in [0, 0.05) is 25.9 Å². The van der Waals surface area contributed by atoms with Crippen LogP contribution in [0.3, 0.4) is 0 Å². The fraction of sp³-hybridized carbons (Fsp3) is 0.429. The maximum absolute atomic E-state index is 13.3. The van der Waals surface area contributed by atoms with Crippen molar-refractivity contribution in [1.29, 1.82) is 0 Å². The molecule has 5 nitrogen and oxygen atoms in total. The maximum Gasteiger partial charge on any atom is 0.240 e. The predicted octanol–water partition coefficient (Wildman–Crippen LogP) is 1.42. The molecule has 0 saturated carbocycles. The SMILES string of the molecule is O=C1CCC(N2CCOC(c3cccc(F)c3)C2)=NN1. The third-order valence-corrected chi connectivity index (χ3v) is 3.54. The molecule has 0 aromatic heterocycles. The minimum absolute atomic E-state index is 0.0521. The number of rotatable bonds is 1. The van der Waals surface area contributed by atoms with Crippen LogP contribution in [0.15, 0.2) is 29.4 Å². The summed E-state index contributed by atoms with van der Waals surface area (Å²) in [4.78, 5) is 13.2. The van der Waals surface area contributed by atoms with Gasteiger partial charge in [0.25, 0.3) is 0 Å². The number of morpholine rings is 1. The molecule has 1 aromatic rings. The fourth-order valence-corrected chi connectivity index (χ4v) is 2.49. The summed E-state index contributed by atoms with van der Waals surface area (Å²) in [7, 11) is 0. The molecular weight excluding hydrogens is 261 g/mol. The van der Waals surface area contributed by atoms with E-state index in [1.807, 2.05) is 6.07 Å². The number of carbonyl (C=O) groups excluding carboxylic acids is 1. The van der Waals surface area contributed by atoms with Gasteiger partial charge in [-0.15, -0.1) is 0 Å². The lowest BCUT2D eigenvalue weighted by Crippen LogP contribution is -2.45. The van der Waals surface area contributed by atoms with Gasteiger partial charge in [0.2, 0.25) is 5.91 Å². The summed E-state index contributed by atoms with van der Waals surface area (Å²) in [6.45, 7) is 1.92. The molecule has 20 heavy (non-hydrogen) atoms. The Morgan fingerprint density at radius 2 is 2.30 bits per heavy atom. The Balaban J connectivity index is 1.72. The number of amidine groups is 1. The van der Waals surface area contributed by atoms with E-state index in [9.17, 15) is 9.18 Å². The Morgan fingerprint density at radius 3 is 3.05 bits per heavy atom. The van der Waals surface area contributed by atoms with Crippen LogP contribution in [0.1, 0.15) is 24.5 Å². The largest absolute Gasteiger partial charge is 0.370 e. The number of halogens is 1. The summed E-state index contributed by atoms with van der Waals surface area (Å²) >= 11 is 0. The highest BCUT2D eigenvalue weighted by Crippen LogP contribution is 2.23. The van der Waals surface area contributed by atoms with Gasteiger partial charge >= 0.3 is 0 Å². The third-order valence-electron chi connectivity index (χ3n) is 3.54. The molecule has 0 spiro atoms. The van der Waals surface area contributed by atoms with Gasteiger partial charge in [0.15, 0.2) is 0 Å². The zero-order chi connectivity index (χ0) is 13.9. The molecule has 2 aliphatic rings. The first kappa shape index (κ1) is 13.1. The zero-order valence-electron chi connectivity index (χ0n) is 11.0. The van der Waals surface area contributed by atoms with Gasteiger partial charge < -0.3 is 9.64 Å². The molecule has 106 valence electrons. The van der Waals surface area contributed by atoms with E-state index in [4.69, 9.17) is 4.74 Å². The minimum Gasteiger partial charge on any atom is -0.370 e. The minimum atomic E-state index is -0.259.